The molecule has 0 radical (unpaired) electrons. The fourth-order valence-corrected chi connectivity index (χ4v) is 5.11. The monoisotopic (exact) mass is 552 g/mol. The Kier molecular flexibility index (Phi) is 8.62. The topological polar surface area (TPSA) is 73.6 Å². The molecule has 0 aliphatic heterocycles. The summed E-state index contributed by atoms with van der Waals surface area (Å²) >= 11 is 1.59. The maximum atomic E-state index is 11.7. The normalized spacial score (nSPS) is 11.0. The van der Waals surface area contributed by atoms with Gasteiger partial charge in [0.05, 0.1) is 17.7 Å². The van der Waals surface area contributed by atoms with E-state index in [1.165, 1.54) is 6.92 Å². The van der Waals surface area contributed by atoms with Crippen molar-refractivity contribution >= 4 is 17.2 Å². The number of hydrogen-bond donors (Lipinski definition) is 1. The van der Waals surface area contributed by atoms with E-state index in [0.29, 0.717) is 30.4 Å². The second kappa shape index (κ2) is 12.7. The molecule has 0 atom stereocenters. The Balaban J connectivity index is 1.60. The Morgan fingerprint density at radius 3 is 2.15 bits per heavy atom. The smallest absolute Gasteiger partial charge is 0.217 e. The summed E-state index contributed by atoms with van der Waals surface area (Å²) in [5.74, 6) is 2.04. The van der Waals surface area contributed by atoms with Gasteiger partial charge in [0.15, 0.2) is 5.76 Å². The fraction of sp³-hybridized carbons (Fsp3) is 0.212. The van der Waals surface area contributed by atoms with Crippen LogP contribution >= 0.6 is 11.3 Å². The molecule has 2 heterocycles. The van der Waals surface area contributed by atoms with Gasteiger partial charge in [-0.1, -0.05) is 79.7 Å². The van der Waals surface area contributed by atoms with E-state index >= 15 is 0 Å². The summed E-state index contributed by atoms with van der Waals surface area (Å²) in [5, 5.41) is 11.3. The zero-order valence-corrected chi connectivity index (χ0v) is 23.7. The first-order chi connectivity index (χ1) is 19.5. The maximum absolute atomic E-state index is 11.7. The van der Waals surface area contributed by atoms with Crippen LogP contribution in [0, 0.1) is 0 Å². The van der Waals surface area contributed by atoms with Crippen molar-refractivity contribution in [3.05, 3.63) is 112 Å². The molecule has 2 aromatic heterocycles. The molecule has 0 unspecified atom stereocenters. The average molecular weight is 553 g/mol. The van der Waals surface area contributed by atoms with Crippen molar-refractivity contribution in [2.75, 3.05) is 0 Å². The summed E-state index contributed by atoms with van der Waals surface area (Å²) in [6, 6.07) is 26.2. The lowest BCUT2D eigenvalue weighted by Crippen LogP contribution is -2.19. The molecule has 5 aromatic rings. The van der Waals surface area contributed by atoms with Crippen molar-refractivity contribution < 1.29 is 18.8 Å². The van der Waals surface area contributed by atoms with Gasteiger partial charge in [0.2, 0.25) is 5.91 Å². The van der Waals surface area contributed by atoms with E-state index in [1.807, 2.05) is 66.0 Å². The summed E-state index contributed by atoms with van der Waals surface area (Å²) < 4.78 is 18.8. The predicted molar refractivity (Wildman–Crippen MR) is 158 cm³/mol. The van der Waals surface area contributed by atoms with Gasteiger partial charge >= 0.3 is 0 Å². The number of ether oxygens (including phenoxy) is 2. The largest absolute Gasteiger partial charge is 0.488 e. The number of amides is 1. The molecule has 6 nitrogen and oxygen atoms in total. The van der Waals surface area contributed by atoms with Crippen LogP contribution in [0.5, 0.6) is 11.5 Å². The minimum Gasteiger partial charge on any atom is -0.488 e. The van der Waals surface area contributed by atoms with Crippen molar-refractivity contribution in [1.29, 1.82) is 0 Å². The molecule has 0 bridgehead atoms. The Morgan fingerprint density at radius 2 is 1.57 bits per heavy atom. The van der Waals surface area contributed by atoms with Gasteiger partial charge in [0, 0.05) is 13.0 Å². The van der Waals surface area contributed by atoms with Crippen molar-refractivity contribution in [1.82, 2.24) is 10.5 Å². The standard InChI is InChI=1S/C33H32N2O4S/c1-22(2)27-16-28(33-32(26-14-15-40-21-26)29(35-39-33)18-34-23(3)36)31(38-20-25-12-8-5-9-13-25)17-30(27)37-19-24-10-6-4-7-11-24/h4-17,21-22H,18-20H2,1-3H3,(H,34,36). The highest BCUT2D eigenvalue weighted by molar-refractivity contribution is 7.08. The molecular weight excluding hydrogens is 520 g/mol. The zero-order chi connectivity index (χ0) is 27.9. The second-order valence-corrected chi connectivity index (χ2v) is 10.6. The molecule has 40 heavy (non-hydrogen) atoms. The quantitative estimate of drug-likeness (QED) is 0.180. The predicted octanol–water partition coefficient (Wildman–Crippen LogP) is 7.99. The summed E-state index contributed by atoms with van der Waals surface area (Å²) in [4.78, 5) is 11.7. The van der Waals surface area contributed by atoms with E-state index < -0.39 is 0 Å². The van der Waals surface area contributed by atoms with Crippen molar-refractivity contribution in [3.63, 3.8) is 0 Å². The van der Waals surface area contributed by atoms with E-state index in [4.69, 9.17) is 14.0 Å². The average Bonchev–Trinajstić information content (AvgIpc) is 3.64. The van der Waals surface area contributed by atoms with Crippen molar-refractivity contribution in [2.45, 2.75) is 46.4 Å². The van der Waals surface area contributed by atoms with Crippen LogP contribution in [0.15, 0.2) is 94.1 Å². The molecule has 204 valence electrons. The molecule has 1 amide bonds. The summed E-state index contributed by atoms with van der Waals surface area (Å²) in [7, 11) is 0. The molecule has 0 saturated carbocycles. The van der Waals surface area contributed by atoms with Crippen LogP contribution in [0.25, 0.3) is 22.5 Å². The zero-order valence-electron chi connectivity index (χ0n) is 22.8. The van der Waals surface area contributed by atoms with E-state index in [-0.39, 0.29) is 18.4 Å². The highest BCUT2D eigenvalue weighted by atomic mass is 32.1. The number of carbonyl (C=O) groups excluding carboxylic acids is 1. The molecule has 0 fully saturated rings. The highest BCUT2D eigenvalue weighted by Crippen LogP contribution is 2.44. The van der Waals surface area contributed by atoms with E-state index in [1.54, 1.807) is 11.3 Å². The van der Waals surface area contributed by atoms with Gasteiger partial charge in [0.25, 0.3) is 0 Å². The molecule has 7 heteroatoms. The molecule has 3 aromatic carbocycles. The number of nitrogens with one attached hydrogen (secondary N) is 1. The number of carbonyl (C=O) groups is 1. The lowest BCUT2D eigenvalue weighted by atomic mass is 9.95. The van der Waals surface area contributed by atoms with Gasteiger partial charge < -0.3 is 19.3 Å². The SMILES string of the molecule is CC(=O)NCc1noc(-c2cc(C(C)C)c(OCc3ccccc3)cc2OCc2ccccc2)c1-c1ccsc1. The molecule has 0 aliphatic rings. The van der Waals surface area contributed by atoms with E-state index in [2.05, 4.69) is 47.9 Å². The van der Waals surface area contributed by atoms with Gasteiger partial charge in [-0.3, -0.25) is 4.79 Å². The van der Waals surface area contributed by atoms with Crippen LogP contribution in [0.2, 0.25) is 0 Å². The first kappa shape index (κ1) is 27.2. The van der Waals surface area contributed by atoms with Crippen LogP contribution in [0.4, 0.5) is 0 Å². The lowest BCUT2D eigenvalue weighted by Gasteiger charge is -2.19. The van der Waals surface area contributed by atoms with Gasteiger partial charge in [-0.05, 0) is 51.1 Å². The molecule has 5 rings (SSSR count). The fourth-order valence-electron chi connectivity index (χ4n) is 4.46. The van der Waals surface area contributed by atoms with Crippen molar-refractivity contribution in [2.24, 2.45) is 0 Å². The van der Waals surface area contributed by atoms with Gasteiger partial charge in [0.1, 0.15) is 30.4 Å². The van der Waals surface area contributed by atoms with Gasteiger partial charge in [-0.15, -0.1) is 0 Å². The third kappa shape index (κ3) is 6.43. The molecule has 1 N–H and O–H groups in total. The van der Waals surface area contributed by atoms with Crippen LogP contribution in [0.1, 0.15) is 49.1 Å². The van der Waals surface area contributed by atoms with Crippen LogP contribution in [-0.2, 0) is 24.6 Å². The van der Waals surface area contributed by atoms with Crippen LogP contribution in [-0.4, -0.2) is 11.1 Å². The summed E-state index contributed by atoms with van der Waals surface area (Å²) in [5.41, 5.74) is 6.44. The number of rotatable bonds is 11. The lowest BCUT2D eigenvalue weighted by molar-refractivity contribution is -0.119. The molecular formula is C33H32N2O4S. The minimum atomic E-state index is -0.130. The number of hydrogen-bond acceptors (Lipinski definition) is 6. The highest BCUT2D eigenvalue weighted by Gasteiger charge is 2.25. The Morgan fingerprint density at radius 1 is 0.925 bits per heavy atom. The van der Waals surface area contributed by atoms with Crippen LogP contribution < -0.4 is 14.8 Å². The maximum Gasteiger partial charge on any atom is 0.217 e. The molecule has 0 spiro atoms. The van der Waals surface area contributed by atoms with E-state index in [9.17, 15) is 4.79 Å². The number of aromatic nitrogens is 1. The number of benzene rings is 3. The first-order valence-electron chi connectivity index (χ1n) is 13.3. The third-order valence-corrected chi connectivity index (χ3v) is 7.21. The number of nitrogens with zero attached hydrogens (tertiary/aromatic N) is 1. The Hall–Kier alpha value is -4.36. The summed E-state index contributed by atoms with van der Waals surface area (Å²) in [6.45, 7) is 6.86. The minimum absolute atomic E-state index is 0.130. The molecule has 0 saturated heterocycles. The van der Waals surface area contributed by atoms with Crippen molar-refractivity contribution in [3.8, 4) is 33.9 Å². The Labute approximate surface area is 238 Å². The van der Waals surface area contributed by atoms with Gasteiger partial charge in [-0.25, -0.2) is 0 Å². The molecule has 0 aliphatic carbocycles. The number of thiophene rings is 1. The van der Waals surface area contributed by atoms with Gasteiger partial charge in [-0.2, -0.15) is 11.3 Å². The van der Waals surface area contributed by atoms with Crippen LogP contribution in [0.3, 0.4) is 0 Å². The second-order valence-electron chi connectivity index (χ2n) is 9.84. The first-order valence-corrected chi connectivity index (χ1v) is 14.2. The van der Waals surface area contributed by atoms with E-state index in [0.717, 1.165) is 39.1 Å². The Bertz CT molecular complexity index is 1540. The summed E-state index contributed by atoms with van der Waals surface area (Å²) in [6.07, 6.45) is 0. The third-order valence-electron chi connectivity index (χ3n) is 6.53.